The fraction of sp³-hybridized carbons (Fsp3) is 0.824. The Bertz CT molecular complexity index is 406. The van der Waals surface area contributed by atoms with Gasteiger partial charge in [0, 0.05) is 5.92 Å². The minimum absolute atomic E-state index is 0.0607. The number of ether oxygens (including phenoxy) is 1. The first-order valence-corrected chi connectivity index (χ1v) is 8.13. The topological polar surface area (TPSA) is 46.5 Å². The van der Waals surface area contributed by atoms with Gasteiger partial charge in [-0.2, -0.15) is 0 Å². The number of carboxylic acids is 1. The number of hydrogen-bond donors (Lipinski definition) is 1. The zero-order valence-electron chi connectivity index (χ0n) is 12.4. The van der Waals surface area contributed by atoms with Gasteiger partial charge in [-0.15, -0.1) is 0 Å². The average molecular weight is 278 g/mol. The first-order valence-electron chi connectivity index (χ1n) is 8.13. The van der Waals surface area contributed by atoms with E-state index in [0.717, 1.165) is 19.4 Å². The smallest absolute Gasteiger partial charge is 0.305 e. The third kappa shape index (κ3) is 2.65. The maximum absolute atomic E-state index is 10.9. The molecule has 3 aliphatic rings. The number of allylic oxidation sites excluding steroid dienone is 1. The molecule has 1 saturated carbocycles. The number of carbonyl (C=O) groups is 1. The lowest BCUT2D eigenvalue weighted by atomic mass is 9.65. The molecule has 0 amide bonds. The molecule has 0 aromatic heterocycles. The molecule has 3 heteroatoms. The van der Waals surface area contributed by atoms with Gasteiger partial charge in [0.05, 0.1) is 19.1 Å². The van der Waals surface area contributed by atoms with E-state index in [1.54, 1.807) is 5.57 Å². The molecule has 0 spiro atoms. The third-order valence-electron chi connectivity index (χ3n) is 5.80. The zero-order valence-corrected chi connectivity index (χ0v) is 12.4. The predicted molar refractivity (Wildman–Crippen MR) is 77.5 cm³/mol. The second-order valence-electron chi connectivity index (χ2n) is 7.15. The molecule has 3 nitrogen and oxygen atoms in total. The van der Waals surface area contributed by atoms with Gasteiger partial charge in [-0.3, -0.25) is 4.79 Å². The summed E-state index contributed by atoms with van der Waals surface area (Å²) in [6.45, 7) is 3.16. The van der Waals surface area contributed by atoms with Crippen molar-refractivity contribution in [1.29, 1.82) is 0 Å². The van der Waals surface area contributed by atoms with E-state index in [9.17, 15) is 4.79 Å². The monoisotopic (exact) mass is 278 g/mol. The van der Waals surface area contributed by atoms with Crippen LogP contribution in [0.15, 0.2) is 11.6 Å². The molecule has 3 atom stereocenters. The Labute approximate surface area is 121 Å². The normalized spacial score (nSPS) is 36.2. The summed E-state index contributed by atoms with van der Waals surface area (Å²) in [5, 5.41) is 8.97. The van der Waals surface area contributed by atoms with Crippen molar-refractivity contribution < 1.29 is 14.6 Å². The maximum Gasteiger partial charge on any atom is 0.305 e. The lowest BCUT2D eigenvalue weighted by Crippen LogP contribution is -2.30. The van der Waals surface area contributed by atoms with Crippen LogP contribution in [0.2, 0.25) is 0 Å². The Morgan fingerprint density at radius 1 is 1.40 bits per heavy atom. The summed E-state index contributed by atoms with van der Waals surface area (Å²) in [6.07, 6.45) is 11.6. The van der Waals surface area contributed by atoms with Gasteiger partial charge in [-0.05, 0) is 37.0 Å². The maximum atomic E-state index is 10.9. The first-order chi connectivity index (χ1) is 9.58. The summed E-state index contributed by atoms with van der Waals surface area (Å²) in [5.41, 5.74) is 2.05. The van der Waals surface area contributed by atoms with Crippen molar-refractivity contribution in [3.05, 3.63) is 11.6 Å². The minimum Gasteiger partial charge on any atom is -0.481 e. The molecule has 0 bridgehead atoms. The second kappa shape index (κ2) is 5.51. The van der Waals surface area contributed by atoms with E-state index in [2.05, 4.69) is 13.0 Å². The average Bonchev–Trinajstić information content (AvgIpc) is 2.81. The van der Waals surface area contributed by atoms with Gasteiger partial charge in [0.25, 0.3) is 0 Å². The van der Waals surface area contributed by atoms with Crippen molar-refractivity contribution >= 4 is 5.97 Å². The molecule has 2 aliphatic carbocycles. The fourth-order valence-corrected chi connectivity index (χ4v) is 4.53. The van der Waals surface area contributed by atoms with Crippen LogP contribution in [0.25, 0.3) is 0 Å². The Morgan fingerprint density at radius 2 is 2.15 bits per heavy atom. The van der Waals surface area contributed by atoms with Crippen LogP contribution in [0.3, 0.4) is 0 Å². The lowest BCUT2D eigenvalue weighted by molar-refractivity contribution is -0.139. The summed E-state index contributed by atoms with van der Waals surface area (Å²) in [6, 6.07) is 0. The van der Waals surface area contributed by atoms with Crippen molar-refractivity contribution in [1.82, 2.24) is 0 Å². The molecular weight excluding hydrogens is 252 g/mol. The van der Waals surface area contributed by atoms with Crippen LogP contribution in [0.4, 0.5) is 0 Å². The van der Waals surface area contributed by atoms with Gasteiger partial charge in [-0.25, -0.2) is 0 Å². The molecule has 0 aromatic rings. The van der Waals surface area contributed by atoms with Gasteiger partial charge in [0.1, 0.15) is 0 Å². The first kappa shape index (κ1) is 14.1. The van der Waals surface area contributed by atoms with Crippen molar-refractivity contribution in [2.75, 3.05) is 6.61 Å². The van der Waals surface area contributed by atoms with Crippen molar-refractivity contribution in [2.24, 2.45) is 17.3 Å². The molecule has 1 aliphatic heterocycles. The van der Waals surface area contributed by atoms with Crippen LogP contribution in [0.1, 0.15) is 58.3 Å². The highest BCUT2D eigenvalue weighted by Crippen LogP contribution is 2.49. The molecule has 1 N–H and O–H groups in total. The van der Waals surface area contributed by atoms with Gasteiger partial charge in [0.15, 0.2) is 0 Å². The number of rotatable bonds is 3. The van der Waals surface area contributed by atoms with E-state index in [-0.39, 0.29) is 12.5 Å². The van der Waals surface area contributed by atoms with Crippen molar-refractivity contribution in [3.63, 3.8) is 0 Å². The second-order valence-corrected chi connectivity index (χ2v) is 7.15. The van der Waals surface area contributed by atoms with E-state index in [1.165, 1.54) is 32.1 Å². The Kier molecular flexibility index (Phi) is 3.89. The molecule has 3 unspecified atom stereocenters. The van der Waals surface area contributed by atoms with Crippen LogP contribution in [-0.2, 0) is 9.53 Å². The summed E-state index contributed by atoms with van der Waals surface area (Å²) in [5.74, 6) is 0.161. The van der Waals surface area contributed by atoms with Gasteiger partial charge in [0.2, 0.25) is 0 Å². The van der Waals surface area contributed by atoms with Gasteiger partial charge >= 0.3 is 5.97 Å². The standard InChI is InChI=1S/C17H26O3/c1-17(7-3-2-4-8-17)13-5-6-14-12(9-13)11-20-15(14)10-16(18)19/h9,12,14-15H,2-8,10-11H2,1H3,(H,18,19). The molecule has 1 heterocycles. The molecule has 1 saturated heterocycles. The Hall–Kier alpha value is -0.830. The lowest BCUT2D eigenvalue weighted by Gasteiger charge is -2.40. The molecule has 0 radical (unpaired) electrons. The molecule has 3 rings (SSSR count). The van der Waals surface area contributed by atoms with Crippen molar-refractivity contribution in [3.8, 4) is 0 Å². The fourth-order valence-electron chi connectivity index (χ4n) is 4.53. The van der Waals surface area contributed by atoms with Crippen LogP contribution in [0.5, 0.6) is 0 Å². The highest BCUT2D eigenvalue weighted by molar-refractivity contribution is 5.67. The van der Waals surface area contributed by atoms with Crippen LogP contribution < -0.4 is 0 Å². The predicted octanol–water partition coefficient (Wildman–Crippen LogP) is 3.78. The molecule has 112 valence electrons. The number of fused-ring (bicyclic) bond motifs is 1. The summed E-state index contributed by atoms with van der Waals surface area (Å²) in [7, 11) is 0. The highest BCUT2D eigenvalue weighted by atomic mass is 16.5. The zero-order chi connectivity index (χ0) is 14.2. The third-order valence-corrected chi connectivity index (χ3v) is 5.80. The largest absolute Gasteiger partial charge is 0.481 e. The van der Waals surface area contributed by atoms with E-state index in [0.29, 0.717) is 17.3 Å². The van der Waals surface area contributed by atoms with Crippen molar-refractivity contribution in [2.45, 2.75) is 64.4 Å². The van der Waals surface area contributed by atoms with E-state index < -0.39 is 5.97 Å². The van der Waals surface area contributed by atoms with E-state index >= 15 is 0 Å². The van der Waals surface area contributed by atoms with E-state index in [4.69, 9.17) is 9.84 Å². The Balaban J connectivity index is 1.71. The minimum atomic E-state index is -0.732. The molecular formula is C17H26O3. The van der Waals surface area contributed by atoms with Crippen LogP contribution >= 0.6 is 0 Å². The SMILES string of the molecule is CC1(C2=CC3COC(CC(=O)O)C3CC2)CCCCC1. The summed E-state index contributed by atoms with van der Waals surface area (Å²) >= 11 is 0. The van der Waals surface area contributed by atoms with Crippen LogP contribution in [0, 0.1) is 17.3 Å². The number of aliphatic carboxylic acids is 1. The van der Waals surface area contributed by atoms with Gasteiger partial charge in [-0.1, -0.05) is 37.8 Å². The number of carboxylic acid groups (broad SMARTS) is 1. The summed E-state index contributed by atoms with van der Waals surface area (Å²) in [4.78, 5) is 10.9. The van der Waals surface area contributed by atoms with Gasteiger partial charge < -0.3 is 9.84 Å². The van der Waals surface area contributed by atoms with E-state index in [1.807, 2.05) is 0 Å². The van der Waals surface area contributed by atoms with Crippen LogP contribution in [-0.4, -0.2) is 23.8 Å². The Morgan fingerprint density at radius 3 is 2.85 bits per heavy atom. The number of hydrogen-bond acceptors (Lipinski definition) is 2. The molecule has 2 fully saturated rings. The highest BCUT2D eigenvalue weighted by Gasteiger charge is 2.42. The quantitative estimate of drug-likeness (QED) is 0.799. The molecule has 0 aromatic carbocycles. The molecule has 20 heavy (non-hydrogen) atoms. The summed E-state index contributed by atoms with van der Waals surface area (Å²) < 4.78 is 5.75.